The molecule has 0 atom stereocenters. The molecule has 0 fully saturated rings. The molecule has 0 unspecified atom stereocenters. The number of carbonyl (C=O) groups excluding carboxylic acids is 1. The third-order valence-corrected chi connectivity index (χ3v) is 6.86. The molecule has 8 nitrogen and oxygen atoms in total. The molecule has 0 radical (unpaired) electrons. The molecule has 1 amide bonds. The number of benzene rings is 2. The van der Waals surface area contributed by atoms with E-state index in [1.54, 1.807) is 42.0 Å². The predicted octanol–water partition coefficient (Wildman–Crippen LogP) is 3.06. The van der Waals surface area contributed by atoms with Crippen LogP contribution in [0.25, 0.3) is 17.0 Å². The zero-order valence-electron chi connectivity index (χ0n) is 17.6. The summed E-state index contributed by atoms with van der Waals surface area (Å²) in [6, 6.07) is 13.4. The van der Waals surface area contributed by atoms with Crippen LogP contribution in [0.5, 0.6) is 0 Å². The molecule has 0 bridgehead atoms. The number of amides is 1. The number of sulfonamides is 1. The summed E-state index contributed by atoms with van der Waals surface area (Å²) in [5, 5.41) is 0. The van der Waals surface area contributed by atoms with E-state index in [1.165, 1.54) is 55.4 Å². The lowest BCUT2D eigenvalue weighted by molar-refractivity contribution is 0.0988. The number of hydrogen-bond donors (Lipinski definition) is 0. The summed E-state index contributed by atoms with van der Waals surface area (Å²) in [6.45, 7) is 0. The van der Waals surface area contributed by atoms with E-state index >= 15 is 0 Å². The van der Waals surface area contributed by atoms with Crippen LogP contribution in [0.3, 0.4) is 0 Å². The van der Waals surface area contributed by atoms with Crippen molar-refractivity contribution in [3.63, 3.8) is 0 Å². The Morgan fingerprint density at radius 3 is 2.28 bits per heavy atom. The van der Waals surface area contributed by atoms with E-state index in [4.69, 9.17) is 0 Å². The number of hydrogen-bond acceptors (Lipinski definition) is 5. The van der Waals surface area contributed by atoms with Gasteiger partial charge < -0.3 is 4.90 Å². The minimum atomic E-state index is -3.59. The number of carbonyl (C=O) groups is 1. The fraction of sp³-hybridized carbons (Fsp3) is 0.136. The first kappa shape index (κ1) is 21.6. The maximum absolute atomic E-state index is 13.5. The molecule has 0 spiro atoms. The van der Waals surface area contributed by atoms with Gasteiger partial charge in [0.05, 0.1) is 4.90 Å². The van der Waals surface area contributed by atoms with Crippen LogP contribution in [0, 0.1) is 5.82 Å². The second-order valence-electron chi connectivity index (χ2n) is 7.25. The molecule has 4 rings (SSSR count). The van der Waals surface area contributed by atoms with Crippen molar-refractivity contribution >= 4 is 27.4 Å². The summed E-state index contributed by atoms with van der Waals surface area (Å²) in [6.07, 6.45) is 3.24. The van der Waals surface area contributed by atoms with Gasteiger partial charge in [0.15, 0.2) is 0 Å². The Bertz CT molecular complexity index is 1400. The maximum atomic E-state index is 13.5. The first-order chi connectivity index (χ1) is 15.2. The smallest absolute Gasteiger partial charge is 0.277 e. The molecule has 2 aromatic carbocycles. The topological polar surface area (TPSA) is 87.9 Å². The van der Waals surface area contributed by atoms with Crippen LogP contribution in [0.4, 0.5) is 10.1 Å². The number of fused-ring (bicyclic) bond motifs is 1. The number of halogens is 1. The molecular formula is C22H20FN5O3S. The molecule has 0 aliphatic rings. The normalized spacial score (nSPS) is 11.8. The van der Waals surface area contributed by atoms with Crippen molar-refractivity contribution in [1.82, 2.24) is 18.7 Å². The number of anilines is 1. The third-order valence-electron chi connectivity index (χ3n) is 5.03. The van der Waals surface area contributed by atoms with Crippen LogP contribution >= 0.6 is 0 Å². The van der Waals surface area contributed by atoms with E-state index in [0.717, 1.165) is 4.31 Å². The molecule has 0 N–H and O–H groups in total. The van der Waals surface area contributed by atoms with Crippen LogP contribution < -0.4 is 4.90 Å². The van der Waals surface area contributed by atoms with E-state index in [2.05, 4.69) is 9.97 Å². The Balaban J connectivity index is 1.82. The van der Waals surface area contributed by atoms with Gasteiger partial charge in [0.1, 0.15) is 17.2 Å². The van der Waals surface area contributed by atoms with Gasteiger partial charge in [-0.2, -0.15) is 0 Å². The average molecular weight is 453 g/mol. The van der Waals surface area contributed by atoms with E-state index in [1.807, 2.05) is 0 Å². The molecule has 0 saturated heterocycles. The van der Waals surface area contributed by atoms with Crippen molar-refractivity contribution < 1.29 is 17.6 Å². The van der Waals surface area contributed by atoms with E-state index in [0.29, 0.717) is 22.7 Å². The Kier molecular flexibility index (Phi) is 5.49. The van der Waals surface area contributed by atoms with Gasteiger partial charge in [-0.3, -0.25) is 9.20 Å². The van der Waals surface area contributed by atoms with Crippen molar-refractivity contribution in [2.75, 3.05) is 26.0 Å². The average Bonchev–Trinajstić information content (AvgIpc) is 3.18. The van der Waals surface area contributed by atoms with Crippen molar-refractivity contribution in [1.29, 1.82) is 0 Å². The molecule has 164 valence electrons. The highest BCUT2D eigenvalue weighted by Crippen LogP contribution is 2.28. The SMILES string of the molecule is CN(C(=O)c1c(-c2ccc(S(=O)(=O)N(C)C)cc2)nc2ncccn12)c1ccc(F)cc1. The van der Waals surface area contributed by atoms with Crippen LogP contribution in [0.1, 0.15) is 10.5 Å². The summed E-state index contributed by atoms with van der Waals surface area (Å²) in [4.78, 5) is 23.7. The van der Waals surface area contributed by atoms with Gasteiger partial charge in [0.2, 0.25) is 15.8 Å². The summed E-state index contributed by atoms with van der Waals surface area (Å²) in [7, 11) is 0.910. The van der Waals surface area contributed by atoms with Gasteiger partial charge in [0, 0.05) is 44.8 Å². The quantitative estimate of drug-likeness (QED) is 0.464. The molecule has 0 aliphatic heterocycles. The van der Waals surface area contributed by atoms with Crippen molar-refractivity contribution in [3.05, 3.63) is 78.5 Å². The van der Waals surface area contributed by atoms with Crippen LogP contribution in [0.2, 0.25) is 0 Å². The lowest BCUT2D eigenvalue weighted by Gasteiger charge is -2.18. The van der Waals surface area contributed by atoms with E-state index in [-0.39, 0.29) is 16.5 Å². The van der Waals surface area contributed by atoms with Gasteiger partial charge in [-0.05, 0) is 42.5 Å². The van der Waals surface area contributed by atoms with E-state index < -0.39 is 15.8 Å². The van der Waals surface area contributed by atoms with Crippen molar-refractivity contribution in [2.24, 2.45) is 0 Å². The summed E-state index contributed by atoms with van der Waals surface area (Å²) in [5.41, 5.74) is 1.68. The summed E-state index contributed by atoms with van der Waals surface area (Å²) >= 11 is 0. The summed E-state index contributed by atoms with van der Waals surface area (Å²) in [5.74, 6) is -0.456. The molecule has 2 aromatic heterocycles. The number of imidazole rings is 1. The van der Waals surface area contributed by atoms with Crippen LogP contribution in [0.15, 0.2) is 71.9 Å². The van der Waals surface area contributed by atoms with Gasteiger partial charge in [0.25, 0.3) is 5.91 Å². The Morgan fingerprint density at radius 2 is 1.66 bits per heavy atom. The first-order valence-corrected chi connectivity index (χ1v) is 11.0. The van der Waals surface area contributed by atoms with Gasteiger partial charge in [-0.1, -0.05) is 12.1 Å². The van der Waals surface area contributed by atoms with Gasteiger partial charge in [-0.15, -0.1) is 0 Å². The Hall–Kier alpha value is -3.63. The highest BCUT2D eigenvalue weighted by atomic mass is 32.2. The van der Waals surface area contributed by atoms with Gasteiger partial charge in [-0.25, -0.2) is 27.1 Å². The standard InChI is InChI=1S/C22H20FN5O3S/c1-26(2)32(30,31)18-11-5-15(6-12-18)19-20(28-14-4-13-24-22(28)25-19)21(29)27(3)17-9-7-16(23)8-10-17/h4-14H,1-3H3. The number of aromatic nitrogens is 3. The fourth-order valence-electron chi connectivity index (χ4n) is 3.23. The predicted molar refractivity (Wildman–Crippen MR) is 118 cm³/mol. The molecular weight excluding hydrogens is 433 g/mol. The van der Waals surface area contributed by atoms with E-state index in [9.17, 15) is 17.6 Å². The summed E-state index contributed by atoms with van der Waals surface area (Å²) < 4.78 is 40.8. The lowest BCUT2D eigenvalue weighted by Crippen LogP contribution is -2.28. The number of rotatable bonds is 5. The number of nitrogens with zero attached hydrogens (tertiary/aromatic N) is 5. The Morgan fingerprint density at radius 1 is 1.00 bits per heavy atom. The molecule has 0 saturated carbocycles. The monoisotopic (exact) mass is 453 g/mol. The minimum Gasteiger partial charge on any atom is -0.310 e. The largest absolute Gasteiger partial charge is 0.310 e. The second kappa shape index (κ2) is 8.13. The van der Waals surface area contributed by atoms with Crippen LogP contribution in [-0.4, -0.2) is 54.1 Å². The van der Waals surface area contributed by atoms with Crippen LogP contribution in [-0.2, 0) is 10.0 Å². The molecule has 2 heterocycles. The molecule has 32 heavy (non-hydrogen) atoms. The lowest BCUT2D eigenvalue weighted by atomic mass is 10.1. The Labute approximate surface area is 184 Å². The van der Waals surface area contributed by atoms with Crippen molar-refractivity contribution in [2.45, 2.75) is 4.90 Å². The molecule has 0 aliphatic carbocycles. The van der Waals surface area contributed by atoms with Gasteiger partial charge >= 0.3 is 0 Å². The highest BCUT2D eigenvalue weighted by Gasteiger charge is 2.25. The molecule has 4 aromatic rings. The second-order valence-corrected chi connectivity index (χ2v) is 9.40. The zero-order chi connectivity index (χ0) is 23.0. The zero-order valence-corrected chi connectivity index (χ0v) is 18.4. The highest BCUT2D eigenvalue weighted by molar-refractivity contribution is 7.89. The fourth-order valence-corrected chi connectivity index (χ4v) is 4.13. The molecule has 10 heteroatoms. The first-order valence-electron chi connectivity index (χ1n) is 9.60. The maximum Gasteiger partial charge on any atom is 0.277 e. The minimum absolute atomic E-state index is 0.129. The third kappa shape index (κ3) is 3.74. The van der Waals surface area contributed by atoms with Crippen molar-refractivity contribution in [3.8, 4) is 11.3 Å².